The molecule has 1 aromatic carbocycles. The molecule has 0 aliphatic carbocycles. The van der Waals surface area contributed by atoms with E-state index in [0.717, 1.165) is 5.65 Å². The minimum absolute atomic E-state index is 0.198. The molecule has 0 saturated heterocycles. The number of carbonyl (C=O) groups excluding carboxylic acids is 2. The number of nitrogens with one attached hydrogen (secondary N) is 2. The van der Waals surface area contributed by atoms with Gasteiger partial charge in [-0.25, -0.2) is 0 Å². The van der Waals surface area contributed by atoms with Crippen LogP contribution in [0.15, 0.2) is 66.2 Å². The van der Waals surface area contributed by atoms with E-state index in [1.165, 1.54) is 11.3 Å². The molecule has 0 spiro atoms. The molecule has 7 nitrogen and oxygen atoms in total. The Morgan fingerprint density at radius 1 is 1.04 bits per heavy atom. The summed E-state index contributed by atoms with van der Waals surface area (Å²) in [6.45, 7) is 1.85. The van der Waals surface area contributed by atoms with E-state index in [9.17, 15) is 9.59 Å². The molecule has 1 unspecified atom stereocenters. The summed E-state index contributed by atoms with van der Waals surface area (Å²) in [6.07, 6.45) is 1.86. The van der Waals surface area contributed by atoms with Gasteiger partial charge in [-0.15, -0.1) is 21.5 Å². The molecule has 140 valence electrons. The van der Waals surface area contributed by atoms with Gasteiger partial charge in [0.2, 0.25) is 0 Å². The lowest BCUT2D eigenvalue weighted by Gasteiger charge is -2.13. The number of amides is 2. The SMILES string of the molecule is CC(NC(=O)c1cccc(NC(=O)c2cccs2)c1)c1nnc2ccccn12. The smallest absolute Gasteiger partial charge is 0.265 e. The number of benzene rings is 1. The van der Waals surface area contributed by atoms with Crippen molar-refractivity contribution in [2.24, 2.45) is 0 Å². The zero-order valence-electron chi connectivity index (χ0n) is 15.0. The van der Waals surface area contributed by atoms with Crippen molar-refractivity contribution in [3.63, 3.8) is 0 Å². The highest BCUT2D eigenvalue weighted by Crippen LogP contribution is 2.17. The third-order valence-corrected chi connectivity index (χ3v) is 5.07. The molecule has 3 aromatic heterocycles. The van der Waals surface area contributed by atoms with Crippen LogP contribution in [0.25, 0.3) is 5.65 Å². The number of hydrogen-bond acceptors (Lipinski definition) is 5. The normalized spacial score (nSPS) is 11.9. The number of hydrogen-bond donors (Lipinski definition) is 2. The number of aromatic nitrogens is 3. The average molecular weight is 391 g/mol. The molecule has 0 fully saturated rings. The van der Waals surface area contributed by atoms with Crippen molar-refractivity contribution < 1.29 is 9.59 Å². The zero-order chi connectivity index (χ0) is 19.5. The molecular formula is C20H17N5O2S. The fourth-order valence-electron chi connectivity index (χ4n) is 2.84. The largest absolute Gasteiger partial charge is 0.342 e. The standard InChI is InChI=1S/C20H17N5O2S/c1-13(18-24-23-17-9-2-3-10-25(17)18)21-19(26)14-6-4-7-15(12-14)22-20(27)16-8-5-11-28-16/h2-13H,1H3,(H,21,26)(H,22,27). The molecule has 2 N–H and O–H groups in total. The Balaban J connectivity index is 1.48. The van der Waals surface area contributed by atoms with Crippen molar-refractivity contribution in [2.45, 2.75) is 13.0 Å². The predicted molar refractivity (Wildman–Crippen MR) is 108 cm³/mol. The second-order valence-electron chi connectivity index (χ2n) is 6.19. The molecule has 0 aliphatic rings. The van der Waals surface area contributed by atoms with Gasteiger partial charge in [0.05, 0.1) is 10.9 Å². The Morgan fingerprint density at radius 3 is 2.75 bits per heavy atom. The van der Waals surface area contributed by atoms with Gasteiger partial charge in [-0.1, -0.05) is 18.2 Å². The van der Waals surface area contributed by atoms with Crippen LogP contribution in [0.2, 0.25) is 0 Å². The lowest BCUT2D eigenvalue weighted by molar-refractivity contribution is 0.0937. The lowest BCUT2D eigenvalue weighted by Crippen LogP contribution is -2.28. The number of rotatable bonds is 5. The first kappa shape index (κ1) is 17.9. The van der Waals surface area contributed by atoms with Gasteiger partial charge >= 0.3 is 0 Å². The minimum Gasteiger partial charge on any atom is -0.342 e. The van der Waals surface area contributed by atoms with Crippen LogP contribution in [-0.4, -0.2) is 26.4 Å². The van der Waals surface area contributed by atoms with Crippen LogP contribution in [0.3, 0.4) is 0 Å². The van der Waals surface area contributed by atoms with Crippen LogP contribution in [0.4, 0.5) is 5.69 Å². The van der Waals surface area contributed by atoms with E-state index in [4.69, 9.17) is 0 Å². The Hall–Kier alpha value is -3.52. The van der Waals surface area contributed by atoms with Crippen LogP contribution in [0, 0.1) is 0 Å². The number of fused-ring (bicyclic) bond motifs is 1. The number of pyridine rings is 1. The van der Waals surface area contributed by atoms with E-state index in [2.05, 4.69) is 20.8 Å². The van der Waals surface area contributed by atoms with Gasteiger partial charge in [0, 0.05) is 17.4 Å². The molecule has 0 saturated carbocycles. The van der Waals surface area contributed by atoms with E-state index in [-0.39, 0.29) is 17.9 Å². The number of thiophene rings is 1. The maximum Gasteiger partial charge on any atom is 0.265 e. The molecule has 0 bridgehead atoms. The highest BCUT2D eigenvalue weighted by molar-refractivity contribution is 7.12. The molecule has 4 rings (SSSR count). The first-order valence-corrected chi connectivity index (χ1v) is 9.55. The third kappa shape index (κ3) is 3.63. The summed E-state index contributed by atoms with van der Waals surface area (Å²) in [5.74, 6) is 0.189. The van der Waals surface area contributed by atoms with Gasteiger partial charge in [-0.2, -0.15) is 0 Å². The molecule has 1 atom stereocenters. The van der Waals surface area contributed by atoms with E-state index < -0.39 is 0 Å². The van der Waals surface area contributed by atoms with Gasteiger partial charge in [-0.05, 0) is 48.7 Å². The van der Waals surface area contributed by atoms with Gasteiger partial charge in [0.1, 0.15) is 0 Å². The summed E-state index contributed by atoms with van der Waals surface area (Å²) < 4.78 is 1.84. The van der Waals surface area contributed by atoms with E-state index >= 15 is 0 Å². The van der Waals surface area contributed by atoms with Gasteiger partial charge in [0.25, 0.3) is 11.8 Å². The Morgan fingerprint density at radius 2 is 1.93 bits per heavy atom. The Kier molecular flexibility index (Phi) is 4.86. The van der Waals surface area contributed by atoms with Crippen molar-refractivity contribution in [1.29, 1.82) is 0 Å². The summed E-state index contributed by atoms with van der Waals surface area (Å²) in [6, 6.07) is 15.7. The molecule has 28 heavy (non-hydrogen) atoms. The summed E-state index contributed by atoms with van der Waals surface area (Å²) in [5.41, 5.74) is 1.73. The topological polar surface area (TPSA) is 88.4 Å². The fraction of sp³-hybridized carbons (Fsp3) is 0.100. The molecule has 8 heteroatoms. The molecule has 4 aromatic rings. The first-order chi connectivity index (χ1) is 13.6. The fourth-order valence-corrected chi connectivity index (χ4v) is 3.46. The predicted octanol–water partition coefficient (Wildman–Crippen LogP) is 3.53. The van der Waals surface area contributed by atoms with Crippen LogP contribution >= 0.6 is 11.3 Å². The highest BCUT2D eigenvalue weighted by Gasteiger charge is 2.17. The van der Waals surface area contributed by atoms with Crippen LogP contribution in [-0.2, 0) is 0 Å². The van der Waals surface area contributed by atoms with Gasteiger partial charge < -0.3 is 10.6 Å². The summed E-state index contributed by atoms with van der Waals surface area (Å²) in [5, 5.41) is 15.9. The van der Waals surface area contributed by atoms with Crippen molar-refractivity contribution in [2.75, 3.05) is 5.32 Å². The maximum atomic E-state index is 12.7. The third-order valence-electron chi connectivity index (χ3n) is 4.20. The zero-order valence-corrected chi connectivity index (χ0v) is 15.8. The average Bonchev–Trinajstić information content (AvgIpc) is 3.38. The number of nitrogens with zero attached hydrogens (tertiary/aromatic N) is 3. The molecule has 2 amide bonds. The highest BCUT2D eigenvalue weighted by atomic mass is 32.1. The maximum absolute atomic E-state index is 12.7. The molecular weight excluding hydrogens is 374 g/mol. The molecule has 0 radical (unpaired) electrons. The summed E-state index contributed by atoms with van der Waals surface area (Å²) >= 11 is 1.36. The van der Waals surface area contributed by atoms with Crippen LogP contribution in [0.1, 0.15) is 38.8 Å². The van der Waals surface area contributed by atoms with E-state index in [0.29, 0.717) is 22.0 Å². The molecule has 0 aliphatic heterocycles. The van der Waals surface area contributed by atoms with E-state index in [1.54, 1.807) is 30.3 Å². The van der Waals surface area contributed by atoms with Crippen molar-refractivity contribution in [3.05, 3.63) is 82.4 Å². The minimum atomic E-state index is -0.339. The Labute approximate surface area is 165 Å². The monoisotopic (exact) mass is 391 g/mol. The second-order valence-corrected chi connectivity index (χ2v) is 7.14. The summed E-state index contributed by atoms with van der Waals surface area (Å²) in [7, 11) is 0. The Bertz CT molecular complexity index is 1140. The summed E-state index contributed by atoms with van der Waals surface area (Å²) in [4.78, 5) is 25.5. The van der Waals surface area contributed by atoms with E-state index in [1.807, 2.05) is 47.2 Å². The second kappa shape index (κ2) is 7.61. The first-order valence-electron chi connectivity index (χ1n) is 8.67. The number of carbonyl (C=O) groups is 2. The molecule has 3 heterocycles. The van der Waals surface area contributed by atoms with Crippen molar-refractivity contribution in [1.82, 2.24) is 19.9 Å². The van der Waals surface area contributed by atoms with Crippen LogP contribution < -0.4 is 10.6 Å². The van der Waals surface area contributed by atoms with Gasteiger partial charge in [0.15, 0.2) is 11.5 Å². The van der Waals surface area contributed by atoms with Crippen molar-refractivity contribution in [3.8, 4) is 0 Å². The van der Waals surface area contributed by atoms with Crippen LogP contribution in [0.5, 0.6) is 0 Å². The number of anilines is 1. The van der Waals surface area contributed by atoms with Crippen molar-refractivity contribution >= 4 is 34.5 Å². The quantitative estimate of drug-likeness (QED) is 0.545. The lowest BCUT2D eigenvalue weighted by atomic mass is 10.1. The van der Waals surface area contributed by atoms with Gasteiger partial charge in [-0.3, -0.25) is 14.0 Å².